The molecule has 0 atom stereocenters. The molecule has 1 aliphatic rings. The number of carboxylic acids is 1. The fraction of sp³-hybridized carbons (Fsp3) is 0.857. The number of hydrogen-bond acceptors (Lipinski definition) is 4. The largest absolute Gasteiger partial charge is 0.481 e. The van der Waals surface area contributed by atoms with Crippen LogP contribution >= 0.6 is 0 Å². The first-order valence-electron chi connectivity index (χ1n) is 7.20. The van der Waals surface area contributed by atoms with Gasteiger partial charge in [-0.15, -0.1) is 0 Å². The Hall–Kier alpha value is -1.11. The molecule has 1 aliphatic carbocycles. The maximum Gasteiger partial charge on any atom is 0.310 e. The highest BCUT2D eigenvalue weighted by atomic mass is 32.2. The quantitative estimate of drug-likeness (QED) is 0.769. The van der Waals surface area contributed by atoms with E-state index in [1.165, 1.54) is 13.8 Å². The monoisotopic (exact) mass is 319 g/mol. The van der Waals surface area contributed by atoms with E-state index in [-0.39, 0.29) is 13.0 Å². The van der Waals surface area contributed by atoms with Crippen LogP contribution in [0, 0.1) is 5.41 Å². The Labute approximate surface area is 126 Å². The van der Waals surface area contributed by atoms with Crippen molar-refractivity contribution in [2.24, 2.45) is 5.41 Å². The van der Waals surface area contributed by atoms with Gasteiger partial charge in [0.05, 0.1) is 10.2 Å². The van der Waals surface area contributed by atoms with Crippen molar-refractivity contribution >= 4 is 21.7 Å². The Kier molecular flexibility index (Phi) is 5.41. The van der Waals surface area contributed by atoms with E-state index in [2.05, 4.69) is 5.32 Å². The third-order valence-electron chi connectivity index (χ3n) is 4.48. The molecule has 0 spiro atoms. The molecule has 0 radical (unpaired) electrons. The third kappa shape index (κ3) is 4.43. The Morgan fingerprint density at radius 2 is 1.71 bits per heavy atom. The standard InChI is InChI=1S/C14H25NO5S/c1-13(2,21(3,19)20)10-15-11(16)9-14(12(17)18)7-5-4-6-8-14/h4-10H2,1-3H3,(H,15,16)(H,17,18). The van der Waals surface area contributed by atoms with Gasteiger partial charge in [0.15, 0.2) is 9.84 Å². The molecule has 0 aromatic rings. The van der Waals surface area contributed by atoms with Crippen LogP contribution in [0.5, 0.6) is 0 Å². The highest BCUT2D eigenvalue weighted by molar-refractivity contribution is 7.92. The molecule has 1 fully saturated rings. The van der Waals surface area contributed by atoms with Gasteiger partial charge in [-0.1, -0.05) is 19.3 Å². The minimum absolute atomic E-state index is 0.0135. The topological polar surface area (TPSA) is 101 Å². The first-order valence-corrected chi connectivity index (χ1v) is 9.09. The molecule has 2 N–H and O–H groups in total. The SMILES string of the molecule is CC(C)(CNC(=O)CC1(C(=O)O)CCCCC1)S(C)(=O)=O. The first-order chi connectivity index (χ1) is 9.50. The second kappa shape index (κ2) is 6.34. The number of aliphatic carboxylic acids is 1. The number of hydrogen-bond donors (Lipinski definition) is 2. The van der Waals surface area contributed by atoms with Gasteiger partial charge in [0, 0.05) is 19.2 Å². The first kappa shape index (κ1) is 17.9. The van der Waals surface area contributed by atoms with Gasteiger partial charge in [-0.05, 0) is 26.7 Å². The van der Waals surface area contributed by atoms with Crippen molar-refractivity contribution in [2.75, 3.05) is 12.8 Å². The van der Waals surface area contributed by atoms with E-state index in [9.17, 15) is 23.1 Å². The summed E-state index contributed by atoms with van der Waals surface area (Å²) in [6.07, 6.45) is 4.68. The average molecular weight is 319 g/mol. The highest BCUT2D eigenvalue weighted by Crippen LogP contribution is 2.39. The summed E-state index contributed by atoms with van der Waals surface area (Å²) in [4.78, 5) is 23.5. The fourth-order valence-corrected chi connectivity index (χ4v) is 2.84. The van der Waals surface area contributed by atoms with Crippen molar-refractivity contribution in [1.29, 1.82) is 0 Å². The Morgan fingerprint density at radius 3 is 2.14 bits per heavy atom. The van der Waals surface area contributed by atoms with E-state index >= 15 is 0 Å². The van der Waals surface area contributed by atoms with Gasteiger partial charge < -0.3 is 10.4 Å². The van der Waals surface area contributed by atoms with Crippen LogP contribution in [0.4, 0.5) is 0 Å². The molecular weight excluding hydrogens is 294 g/mol. The van der Waals surface area contributed by atoms with E-state index in [0.29, 0.717) is 12.8 Å². The van der Waals surface area contributed by atoms with Crippen molar-refractivity contribution in [3.05, 3.63) is 0 Å². The highest BCUT2D eigenvalue weighted by Gasteiger charge is 2.41. The lowest BCUT2D eigenvalue weighted by molar-refractivity contribution is -0.154. The smallest absolute Gasteiger partial charge is 0.310 e. The van der Waals surface area contributed by atoms with E-state index in [1.807, 2.05) is 0 Å². The van der Waals surface area contributed by atoms with Crippen LogP contribution in [0.15, 0.2) is 0 Å². The van der Waals surface area contributed by atoms with Gasteiger partial charge >= 0.3 is 5.97 Å². The lowest BCUT2D eigenvalue weighted by Crippen LogP contribution is -2.46. The van der Waals surface area contributed by atoms with E-state index < -0.39 is 31.9 Å². The number of rotatable bonds is 6. The normalized spacial score (nSPS) is 19.0. The van der Waals surface area contributed by atoms with Gasteiger partial charge in [-0.2, -0.15) is 0 Å². The molecule has 122 valence electrons. The van der Waals surface area contributed by atoms with Gasteiger partial charge in [0.2, 0.25) is 5.91 Å². The van der Waals surface area contributed by atoms with E-state index in [4.69, 9.17) is 0 Å². The maximum atomic E-state index is 12.0. The molecule has 1 amide bonds. The Morgan fingerprint density at radius 1 is 1.19 bits per heavy atom. The van der Waals surface area contributed by atoms with Crippen molar-refractivity contribution in [2.45, 2.75) is 57.1 Å². The Balaban J connectivity index is 2.66. The van der Waals surface area contributed by atoms with Crippen LogP contribution < -0.4 is 5.32 Å². The molecule has 0 unspecified atom stereocenters. The molecule has 7 heteroatoms. The number of sulfone groups is 1. The molecule has 0 saturated heterocycles. The predicted molar refractivity (Wildman–Crippen MR) is 79.7 cm³/mol. The van der Waals surface area contributed by atoms with Gasteiger partial charge in [-0.3, -0.25) is 9.59 Å². The van der Waals surface area contributed by atoms with Crippen molar-refractivity contribution in [3.8, 4) is 0 Å². The molecule has 6 nitrogen and oxygen atoms in total. The van der Waals surface area contributed by atoms with Crippen molar-refractivity contribution in [3.63, 3.8) is 0 Å². The molecule has 0 aromatic carbocycles. The van der Waals surface area contributed by atoms with Crippen molar-refractivity contribution in [1.82, 2.24) is 5.32 Å². The molecule has 0 heterocycles. The van der Waals surface area contributed by atoms with E-state index in [1.54, 1.807) is 0 Å². The van der Waals surface area contributed by atoms with Crippen LogP contribution in [0.25, 0.3) is 0 Å². The zero-order valence-corrected chi connectivity index (χ0v) is 13.8. The maximum absolute atomic E-state index is 12.0. The summed E-state index contributed by atoms with van der Waals surface area (Å²) in [7, 11) is -3.29. The number of carbonyl (C=O) groups excluding carboxylic acids is 1. The summed E-state index contributed by atoms with van der Waals surface area (Å²) in [5.74, 6) is -1.32. The van der Waals surface area contributed by atoms with Gasteiger partial charge in [-0.25, -0.2) is 8.42 Å². The summed E-state index contributed by atoms with van der Waals surface area (Å²) < 4.78 is 22.1. The predicted octanol–water partition coefficient (Wildman–Crippen LogP) is 1.35. The molecule has 0 aromatic heterocycles. The summed E-state index contributed by atoms with van der Waals surface area (Å²) in [6.45, 7) is 3.06. The summed E-state index contributed by atoms with van der Waals surface area (Å²) >= 11 is 0. The summed E-state index contributed by atoms with van der Waals surface area (Å²) in [6, 6.07) is 0. The van der Waals surface area contributed by atoms with Crippen LogP contribution in [0.3, 0.4) is 0 Å². The number of amides is 1. The van der Waals surface area contributed by atoms with E-state index in [0.717, 1.165) is 25.5 Å². The number of carbonyl (C=O) groups is 2. The van der Waals surface area contributed by atoms with Gasteiger partial charge in [0.25, 0.3) is 0 Å². The average Bonchev–Trinajstić information content (AvgIpc) is 2.36. The van der Waals surface area contributed by atoms with Crippen LogP contribution in [-0.2, 0) is 19.4 Å². The molecule has 1 saturated carbocycles. The third-order valence-corrected chi connectivity index (χ3v) is 6.63. The lowest BCUT2D eigenvalue weighted by atomic mass is 9.71. The number of carboxylic acid groups (broad SMARTS) is 1. The molecule has 0 aliphatic heterocycles. The zero-order chi connectivity index (χ0) is 16.3. The molecular formula is C14H25NO5S. The Bertz CT molecular complexity index is 503. The summed E-state index contributed by atoms with van der Waals surface area (Å²) in [5, 5.41) is 12.0. The lowest BCUT2D eigenvalue weighted by Gasteiger charge is -2.33. The van der Waals surface area contributed by atoms with Crippen LogP contribution in [0.2, 0.25) is 0 Å². The second-order valence-corrected chi connectivity index (χ2v) is 9.28. The zero-order valence-electron chi connectivity index (χ0n) is 12.9. The van der Waals surface area contributed by atoms with Gasteiger partial charge in [0.1, 0.15) is 0 Å². The minimum Gasteiger partial charge on any atom is -0.481 e. The number of nitrogens with one attached hydrogen (secondary N) is 1. The second-order valence-electron chi connectivity index (χ2n) is 6.63. The molecule has 21 heavy (non-hydrogen) atoms. The van der Waals surface area contributed by atoms with Crippen molar-refractivity contribution < 1.29 is 23.1 Å². The minimum atomic E-state index is -3.29. The summed E-state index contributed by atoms with van der Waals surface area (Å²) in [5.41, 5.74) is -0.989. The molecule has 1 rings (SSSR count). The van der Waals surface area contributed by atoms with Crippen LogP contribution in [-0.4, -0.2) is 42.9 Å². The molecule has 0 bridgehead atoms. The van der Waals surface area contributed by atoms with Crippen LogP contribution in [0.1, 0.15) is 52.4 Å². The fourth-order valence-electron chi connectivity index (χ4n) is 2.51.